The van der Waals surface area contributed by atoms with Crippen LogP contribution in [-0.2, 0) is 17.6 Å². The first kappa shape index (κ1) is 14.1. The fourth-order valence-electron chi connectivity index (χ4n) is 2.17. The first-order valence-electron chi connectivity index (χ1n) is 6.38. The summed E-state index contributed by atoms with van der Waals surface area (Å²) in [6, 6.07) is 2.02. The summed E-state index contributed by atoms with van der Waals surface area (Å²) in [4.78, 5) is 4.67. The van der Waals surface area contributed by atoms with Crippen molar-refractivity contribution in [1.82, 2.24) is 4.98 Å². The molecule has 0 fully saturated rings. The van der Waals surface area contributed by atoms with Crippen molar-refractivity contribution in [3.63, 3.8) is 0 Å². The molecule has 104 valence electrons. The van der Waals surface area contributed by atoms with Crippen molar-refractivity contribution in [3.8, 4) is 0 Å². The number of methoxy groups -OCH3 is 1. The number of fused-ring (bicyclic) bond motifs is 1. The number of hydrogen-bond acceptors (Lipinski definition) is 5. The zero-order chi connectivity index (χ0) is 13.7. The summed E-state index contributed by atoms with van der Waals surface area (Å²) in [5, 5.41) is 12.8. The van der Waals surface area contributed by atoms with E-state index in [4.69, 9.17) is 15.7 Å². The first-order valence-corrected chi connectivity index (χ1v) is 7.37. The zero-order valence-corrected chi connectivity index (χ0v) is 11.9. The van der Waals surface area contributed by atoms with E-state index in [9.17, 15) is 0 Å². The van der Waals surface area contributed by atoms with E-state index >= 15 is 0 Å². The van der Waals surface area contributed by atoms with Gasteiger partial charge >= 0.3 is 0 Å². The number of rotatable bonds is 6. The van der Waals surface area contributed by atoms with Gasteiger partial charge in [-0.3, -0.25) is 0 Å². The quantitative estimate of drug-likeness (QED) is 0.207. The molecule has 0 aromatic carbocycles. The highest BCUT2D eigenvalue weighted by molar-refractivity contribution is 7.99. The van der Waals surface area contributed by atoms with Gasteiger partial charge in [-0.15, -0.1) is 11.8 Å². The lowest BCUT2D eigenvalue weighted by Crippen LogP contribution is -2.16. The molecule has 0 radical (unpaired) electrons. The van der Waals surface area contributed by atoms with E-state index in [2.05, 4.69) is 10.1 Å². The van der Waals surface area contributed by atoms with E-state index in [0.29, 0.717) is 0 Å². The van der Waals surface area contributed by atoms with Gasteiger partial charge in [0.15, 0.2) is 5.84 Å². The Kier molecular flexibility index (Phi) is 5.04. The van der Waals surface area contributed by atoms with E-state index in [1.165, 1.54) is 5.56 Å². The lowest BCUT2D eigenvalue weighted by Gasteiger charge is -2.10. The summed E-state index contributed by atoms with van der Waals surface area (Å²) >= 11 is 1.63. The van der Waals surface area contributed by atoms with Crippen molar-refractivity contribution < 1.29 is 9.94 Å². The van der Waals surface area contributed by atoms with Gasteiger partial charge in [-0.2, -0.15) is 0 Å². The van der Waals surface area contributed by atoms with E-state index in [1.54, 1.807) is 18.9 Å². The highest BCUT2D eigenvalue weighted by Crippen LogP contribution is 2.28. The van der Waals surface area contributed by atoms with E-state index in [1.807, 2.05) is 6.07 Å². The van der Waals surface area contributed by atoms with Crippen molar-refractivity contribution >= 4 is 17.6 Å². The van der Waals surface area contributed by atoms with Crippen LogP contribution in [0.3, 0.4) is 0 Å². The monoisotopic (exact) mass is 281 g/mol. The van der Waals surface area contributed by atoms with Gasteiger partial charge in [-0.1, -0.05) is 5.16 Å². The van der Waals surface area contributed by atoms with Gasteiger partial charge in [0.05, 0.1) is 5.56 Å². The molecule has 0 aliphatic heterocycles. The number of thioether (sulfide) groups is 1. The van der Waals surface area contributed by atoms with Crippen molar-refractivity contribution in [1.29, 1.82) is 0 Å². The second-order valence-corrected chi connectivity index (χ2v) is 5.56. The van der Waals surface area contributed by atoms with Gasteiger partial charge in [0.1, 0.15) is 5.03 Å². The van der Waals surface area contributed by atoms with Gasteiger partial charge in [0.2, 0.25) is 0 Å². The van der Waals surface area contributed by atoms with Gasteiger partial charge in [-0.25, -0.2) is 4.98 Å². The van der Waals surface area contributed by atoms with Gasteiger partial charge in [0, 0.05) is 25.2 Å². The molecule has 5 nitrogen and oxygen atoms in total. The van der Waals surface area contributed by atoms with Crippen molar-refractivity contribution in [2.45, 2.75) is 30.7 Å². The maximum atomic E-state index is 8.88. The van der Waals surface area contributed by atoms with E-state index < -0.39 is 0 Å². The normalized spacial score (nSPS) is 14.7. The number of aromatic nitrogens is 1. The predicted molar refractivity (Wildman–Crippen MR) is 76.0 cm³/mol. The van der Waals surface area contributed by atoms with E-state index in [-0.39, 0.29) is 5.84 Å². The van der Waals surface area contributed by atoms with Crippen molar-refractivity contribution in [3.05, 3.63) is 22.9 Å². The molecular formula is C13H19N3O2S. The number of nitrogens with zero attached hydrogens (tertiary/aromatic N) is 2. The summed E-state index contributed by atoms with van der Waals surface area (Å²) in [6.45, 7) is 0.733. The van der Waals surface area contributed by atoms with Crippen molar-refractivity contribution in [2.75, 3.05) is 19.5 Å². The number of amidine groups is 1. The highest BCUT2D eigenvalue weighted by atomic mass is 32.2. The Morgan fingerprint density at radius 2 is 2.42 bits per heavy atom. The van der Waals surface area contributed by atoms with Crippen LogP contribution in [0.15, 0.2) is 16.2 Å². The summed E-state index contributed by atoms with van der Waals surface area (Å²) in [7, 11) is 1.69. The molecule has 1 aliphatic rings. The van der Waals surface area contributed by atoms with Gasteiger partial charge in [-0.05, 0) is 37.3 Å². The molecule has 3 N–H and O–H groups in total. The fourth-order valence-corrected chi connectivity index (χ4v) is 3.12. The minimum absolute atomic E-state index is 0.136. The third-order valence-electron chi connectivity index (χ3n) is 3.13. The standard InChI is InChI=1S/C13H19N3O2S/c1-18-6-3-7-19-13-10(12(14)16-17)8-9-4-2-5-11(9)15-13/h8,17H,2-7H2,1H3,(H2,14,16). The molecule has 1 heterocycles. The van der Waals surface area contributed by atoms with Crippen LogP contribution in [0.1, 0.15) is 29.7 Å². The Morgan fingerprint density at radius 3 is 3.16 bits per heavy atom. The van der Waals surface area contributed by atoms with Crippen LogP contribution < -0.4 is 5.73 Å². The second-order valence-electron chi connectivity index (χ2n) is 4.48. The molecule has 0 bridgehead atoms. The number of aryl methyl sites for hydroxylation is 2. The lowest BCUT2D eigenvalue weighted by atomic mass is 10.1. The molecule has 0 atom stereocenters. The lowest BCUT2D eigenvalue weighted by molar-refractivity contribution is 0.200. The molecule has 1 aliphatic carbocycles. The molecule has 2 rings (SSSR count). The average molecular weight is 281 g/mol. The molecule has 1 aromatic heterocycles. The molecule has 6 heteroatoms. The Hall–Kier alpha value is -1.27. The van der Waals surface area contributed by atoms with Crippen LogP contribution in [0.5, 0.6) is 0 Å². The predicted octanol–water partition coefficient (Wildman–Crippen LogP) is 1.79. The van der Waals surface area contributed by atoms with Crippen LogP contribution in [0.25, 0.3) is 0 Å². The molecule has 0 saturated carbocycles. The number of oxime groups is 1. The third-order valence-corrected chi connectivity index (χ3v) is 4.21. The summed E-state index contributed by atoms with van der Waals surface area (Å²) < 4.78 is 5.03. The Bertz CT molecular complexity index is 477. The van der Waals surface area contributed by atoms with Crippen LogP contribution in [0.2, 0.25) is 0 Å². The maximum Gasteiger partial charge on any atom is 0.172 e. The maximum absolute atomic E-state index is 8.88. The van der Waals surface area contributed by atoms with Crippen LogP contribution >= 0.6 is 11.8 Å². The molecule has 1 aromatic rings. The molecule has 19 heavy (non-hydrogen) atoms. The Balaban J connectivity index is 2.19. The molecule has 0 spiro atoms. The van der Waals surface area contributed by atoms with Gasteiger partial charge in [0.25, 0.3) is 0 Å². The third kappa shape index (κ3) is 3.39. The Labute approximate surface area is 117 Å². The van der Waals surface area contributed by atoms with Crippen molar-refractivity contribution in [2.24, 2.45) is 10.9 Å². The second kappa shape index (κ2) is 6.77. The Morgan fingerprint density at radius 1 is 1.58 bits per heavy atom. The number of hydrogen-bond donors (Lipinski definition) is 2. The minimum Gasteiger partial charge on any atom is -0.409 e. The average Bonchev–Trinajstić information content (AvgIpc) is 2.89. The van der Waals surface area contributed by atoms with Crippen LogP contribution in [-0.4, -0.2) is 35.5 Å². The molecule has 0 amide bonds. The number of nitrogens with two attached hydrogens (primary N) is 1. The van der Waals surface area contributed by atoms with Crippen LogP contribution in [0.4, 0.5) is 0 Å². The number of pyridine rings is 1. The summed E-state index contributed by atoms with van der Waals surface area (Å²) in [5.74, 6) is 1.04. The van der Waals surface area contributed by atoms with E-state index in [0.717, 1.165) is 54.3 Å². The molecule has 0 unspecified atom stereocenters. The largest absolute Gasteiger partial charge is 0.409 e. The van der Waals surface area contributed by atoms with Crippen LogP contribution in [0, 0.1) is 0 Å². The fraction of sp³-hybridized carbons (Fsp3) is 0.538. The zero-order valence-electron chi connectivity index (χ0n) is 11.1. The summed E-state index contributed by atoms with van der Waals surface area (Å²) in [6.07, 6.45) is 4.14. The smallest absolute Gasteiger partial charge is 0.172 e. The molecular weight excluding hydrogens is 262 g/mol. The SMILES string of the molecule is COCCCSc1nc2c(cc1C(N)=NO)CCC2. The van der Waals surface area contributed by atoms with Gasteiger partial charge < -0.3 is 15.7 Å². The molecule has 0 saturated heterocycles. The summed E-state index contributed by atoms with van der Waals surface area (Å²) in [5.41, 5.74) is 8.86. The number of ether oxygens (including phenoxy) is 1. The first-order chi connectivity index (χ1) is 9.26. The highest BCUT2D eigenvalue weighted by Gasteiger charge is 2.18. The minimum atomic E-state index is 0.136. The topological polar surface area (TPSA) is 80.7 Å².